The van der Waals surface area contributed by atoms with Crippen molar-refractivity contribution >= 4 is 40.2 Å². The number of hydrogen-bond acceptors (Lipinski definition) is 8. The molecule has 2 N–H and O–H groups in total. The first-order chi connectivity index (χ1) is 20.1. The largest absolute Gasteiger partial charge is 0.369 e. The summed E-state index contributed by atoms with van der Waals surface area (Å²) in [5.41, 5.74) is 4.75. The van der Waals surface area contributed by atoms with Gasteiger partial charge < -0.3 is 29.9 Å². The summed E-state index contributed by atoms with van der Waals surface area (Å²) >= 11 is 0. The van der Waals surface area contributed by atoms with Gasteiger partial charge in [-0.15, -0.1) is 0 Å². The molecule has 6 rings (SSSR count). The summed E-state index contributed by atoms with van der Waals surface area (Å²) in [5, 5.41) is 6.90. The lowest BCUT2D eigenvalue weighted by Gasteiger charge is -2.34. The van der Waals surface area contributed by atoms with Crippen molar-refractivity contribution in [3.8, 4) is 0 Å². The lowest BCUT2D eigenvalue weighted by atomic mass is 10.1. The Morgan fingerprint density at radius 3 is 2.56 bits per heavy atom. The van der Waals surface area contributed by atoms with Gasteiger partial charge in [-0.05, 0) is 55.8 Å². The zero-order valence-electron chi connectivity index (χ0n) is 23.5. The molecule has 0 unspecified atom stereocenters. The van der Waals surface area contributed by atoms with Gasteiger partial charge in [-0.1, -0.05) is 36.9 Å². The van der Waals surface area contributed by atoms with E-state index in [4.69, 9.17) is 15.0 Å². The molecule has 2 fully saturated rings. The summed E-state index contributed by atoms with van der Waals surface area (Å²) in [6.07, 6.45) is 5.08. The molecule has 0 bridgehead atoms. The Hall–Kier alpha value is -4.44. The Bertz CT molecular complexity index is 1490. The summed E-state index contributed by atoms with van der Waals surface area (Å²) in [6.45, 7) is 9.82. The Morgan fingerprint density at radius 1 is 1.02 bits per heavy atom. The molecule has 4 aromatic rings. The number of likely N-dealkylation sites (tertiary alicyclic amines) is 1. The standard InChI is InChI=1S/C31H37N9O/c1-3-27(41)39-15-7-10-26(21-39)40-22-33-28-29(32-20-23-8-5-4-6-9-23)35-31(36-30(28)40)34-24-11-13-25(14-12-24)38-18-16-37(2)17-19-38/h3-6,8-9,11-14,22,26H,1,7,10,15-21H2,2H3,(H2,32,34,35,36)/t26-/m0/s1. The summed E-state index contributed by atoms with van der Waals surface area (Å²) in [6, 6.07) is 18.8. The first kappa shape index (κ1) is 26.8. The fourth-order valence-electron chi connectivity index (χ4n) is 5.60. The number of nitrogens with zero attached hydrogens (tertiary/aromatic N) is 7. The first-order valence-corrected chi connectivity index (χ1v) is 14.3. The smallest absolute Gasteiger partial charge is 0.246 e. The number of carbonyl (C=O) groups excluding carboxylic acids is 1. The van der Waals surface area contributed by atoms with E-state index in [1.54, 1.807) is 0 Å². The van der Waals surface area contributed by atoms with Crippen molar-refractivity contribution in [2.75, 3.05) is 61.8 Å². The molecule has 10 heteroatoms. The highest BCUT2D eigenvalue weighted by Crippen LogP contribution is 2.30. The third kappa shape index (κ3) is 6.02. The molecule has 0 spiro atoms. The van der Waals surface area contributed by atoms with Gasteiger partial charge in [-0.2, -0.15) is 9.97 Å². The number of piperazine rings is 1. The zero-order valence-corrected chi connectivity index (χ0v) is 23.5. The van der Waals surface area contributed by atoms with Gasteiger partial charge in [0.2, 0.25) is 11.9 Å². The Balaban J connectivity index is 1.28. The van der Waals surface area contributed by atoms with Crippen LogP contribution in [0, 0.1) is 0 Å². The number of fused-ring (bicyclic) bond motifs is 1. The molecule has 0 saturated carbocycles. The molecule has 0 radical (unpaired) electrons. The van der Waals surface area contributed by atoms with Gasteiger partial charge in [0.25, 0.3) is 0 Å². The number of hydrogen-bond donors (Lipinski definition) is 2. The fourth-order valence-corrected chi connectivity index (χ4v) is 5.60. The number of aromatic nitrogens is 4. The summed E-state index contributed by atoms with van der Waals surface area (Å²) in [7, 11) is 2.17. The summed E-state index contributed by atoms with van der Waals surface area (Å²) in [5.74, 6) is 1.13. The molecule has 4 heterocycles. The van der Waals surface area contributed by atoms with Gasteiger partial charge in [-0.3, -0.25) is 4.79 Å². The van der Waals surface area contributed by atoms with Crippen LogP contribution in [-0.2, 0) is 11.3 Å². The van der Waals surface area contributed by atoms with E-state index in [-0.39, 0.29) is 11.9 Å². The van der Waals surface area contributed by atoms with Crippen molar-refractivity contribution in [1.29, 1.82) is 0 Å². The van der Waals surface area contributed by atoms with Crippen LogP contribution in [0.2, 0.25) is 0 Å². The molecule has 1 amide bonds. The minimum atomic E-state index is -0.0404. The second-order valence-electron chi connectivity index (χ2n) is 10.8. The maximum absolute atomic E-state index is 12.3. The van der Waals surface area contributed by atoms with Crippen LogP contribution < -0.4 is 15.5 Å². The number of piperidine rings is 1. The molecule has 2 aromatic carbocycles. The molecular formula is C31H37N9O. The average Bonchev–Trinajstić information content (AvgIpc) is 3.45. The third-order valence-electron chi connectivity index (χ3n) is 7.99. The molecule has 2 aliphatic rings. The van der Waals surface area contributed by atoms with Crippen molar-refractivity contribution in [3.05, 3.63) is 79.1 Å². The number of nitrogens with one attached hydrogen (secondary N) is 2. The SMILES string of the molecule is C=CC(=O)N1CCC[C@H](n2cnc3c(NCc4ccccc4)nc(Nc4ccc(N5CCN(C)CC5)cc4)nc32)C1. The van der Waals surface area contributed by atoms with Crippen molar-refractivity contribution in [1.82, 2.24) is 29.3 Å². The Morgan fingerprint density at radius 2 is 1.80 bits per heavy atom. The van der Waals surface area contributed by atoms with Crippen LogP contribution in [0.3, 0.4) is 0 Å². The number of imidazole rings is 1. The highest BCUT2D eigenvalue weighted by atomic mass is 16.2. The molecule has 2 saturated heterocycles. The number of amides is 1. The average molecular weight is 552 g/mol. The van der Waals surface area contributed by atoms with Crippen molar-refractivity contribution in [2.24, 2.45) is 0 Å². The molecule has 10 nitrogen and oxygen atoms in total. The van der Waals surface area contributed by atoms with Crippen LogP contribution in [-0.4, -0.2) is 81.5 Å². The predicted octanol–water partition coefficient (Wildman–Crippen LogP) is 4.28. The topological polar surface area (TPSA) is 94.4 Å². The van der Waals surface area contributed by atoms with Gasteiger partial charge in [0.1, 0.15) is 0 Å². The van der Waals surface area contributed by atoms with E-state index < -0.39 is 0 Å². The number of benzene rings is 2. The molecule has 2 aromatic heterocycles. The summed E-state index contributed by atoms with van der Waals surface area (Å²) < 4.78 is 2.09. The van der Waals surface area contributed by atoms with Gasteiger partial charge in [0.15, 0.2) is 17.0 Å². The highest BCUT2D eigenvalue weighted by molar-refractivity contribution is 5.87. The molecule has 2 aliphatic heterocycles. The number of likely N-dealkylation sites (N-methyl/N-ethyl adjacent to an activating group) is 1. The van der Waals surface area contributed by atoms with Crippen molar-refractivity contribution in [2.45, 2.75) is 25.4 Å². The Labute approximate surface area is 240 Å². The van der Waals surface area contributed by atoms with Crippen LogP contribution in [0.25, 0.3) is 11.2 Å². The highest BCUT2D eigenvalue weighted by Gasteiger charge is 2.26. The minimum absolute atomic E-state index is 0.0404. The van der Waals surface area contributed by atoms with E-state index in [0.29, 0.717) is 30.4 Å². The summed E-state index contributed by atoms with van der Waals surface area (Å²) in [4.78, 5) is 33.5. The van der Waals surface area contributed by atoms with Gasteiger partial charge in [0, 0.05) is 57.2 Å². The maximum atomic E-state index is 12.3. The predicted molar refractivity (Wildman–Crippen MR) is 164 cm³/mol. The van der Waals surface area contributed by atoms with E-state index in [1.165, 1.54) is 11.8 Å². The third-order valence-corrected chi connectivity index (χ3v) is 7.99. The van der Waals surface area contributed by atoms with E-state index in [2.05, 4.69) is 75.0 Å². The van der Waals surface area contributed by atoms with E-state index in [9.17, 15) is 4.79 Å². The monoisotopic (exact) mass is 551 g/mol. The number of rotatable bonds is 8. The lowest BCUT2D eigenvalue weighted by molar-refractivity contribution is -0.127. The number of carbonyl (C=O) groups is 1. The van der Waals surface area contributed by atoms with Crippen LogP contribution in [0.15, 0.2) is 73.6 Å². The number of anilines is 4. The fraction of sp³-hybridized carbons (Fsp3) is 0.355. The second-order valence-corrected chi connectivity index (χ2v) is 10.8. The van der Waals surface area contributed by atoms with Crippen molar-refractivity contribution < 1.29 is 4.79 Å². The van der Waals surface area contributed by atoms with E-state index in [0.717, 1.165) is 62.5 Å². The van der Waals surface area contributed by atoms with Gasteiger partial charge in [0.05, 0.1) is 12.4 Å². The molecular weight excluding hydrogens is 514 g/mol. The van der Waals surface area contributed by atoms with Crippen LogP contribution in [0.1, 0.15) is 24.4 Å². The van der Waals surface area contributed by atoms with E-state index in [1.807, 2.05) is 29.4 Å². The van der Waals surface area contributed by atoms with Crippen LogP contribution in [0.4, 0.5) is 23.1 Å². The van der Waals surface area contributed by atoms with Crippen LogP contribution in [0.5, 0.6) is 0 Å². The Kier molecular flexibility index (Phi) is 7.82. The zero-order chi connectivity index (χ0) is 28.2. The molecule has 1 atom stereocenters. The molecule has 212 valence electrons. The first-order valence-electron chi connectivity index (χ1n) is 14.3. The molecule has 41 heavy (non-hydrogen) atoms. The maximum Gasteiger partial charge on any atom is 0.246 e. The lowest BCUT2D eigenvalue weighted by Crippen LogP contribution is -2.44. The molecule has 0 aliphatic carbocycles. The van der Waals surface area contributed by atoms with E-state index >= 15 is 0 Å². The quantitative estimate of drug-likeness (QED) is 0.314. The minimum Gasteiger partial charge on any atom is -0.369 e. The second kappa shape index (κ2) is 12.0. The van der Waals surface area contributed by atoms with Gasteiger partial charge >= 0.3 is 0 Å². The van der Waals surface area contributed by atoms with Crippen molar-refractivity contribution in [3.63, 3.8) is 0 Å². The van der Waals surface area contributed by atoms with Gasteiger partial charge in [-0.25, -0.2) is 4.98 Å². The normalized spacial score (nSPS) is 17.9. The van der Waals surface area contributed by atoms with Crippen LogP contribution >= 0.6 is 0 Å².